The van der Waals surface area contributed by atoms with Crippen LogP contribution in [0.1, 0.15) is 42.2 Å². The summed E-state index contributed by atoms with van der Waals surface area (Å²) < 4.78 is 72.4. The number of aromatic nitrogens is 1. The Balaban J connectivity index is 1.86. The largest absolute Gasteiger partial charge is 0.481 e. The van der Waals surface area contributed by atoms with Crippen molar-refractivity contribution in [1.29, 1.82) is 0 Å². The molecular weight excluding hydrogens is 459 g/mol. The maximum Gasteiger partial charge on any atom is 0.254 e. The van der Waals surface area contributed by atoms with E-state index >= 15 is 0 Å². The van der Waals surface area contributed by atoms with E-state index in [0.717, 1.165) is 0 Å². The van der Waals surface area contributed by atoms with E-state index < -0.39 is 44.4 Å². The number of carbonyl (C=O) groups excluding carboxylic acids is 1. The number of ether oxygens (including phenoxy) is 1. The first kappa shape index (κ1) is 25.0. The van der Waals surface area contributed by atoms with E-state index in [0.29, 0.717) is 43.0 Å². The van der Waals surface area contributed by atoms with E-state index in [2.05, 4.69) is 10.3 Å². The van der Waals surface area contributed by atoms with Crippen molar-refractivity contribution in [2.45, 2.75) is 31.6 Å². The van der Waals surface area contributed by atoms with Crippen LogP contribution in [0.2, 0.25) is 0 Å². The van der Waals surface area contributed by atoms with E-state index in [-0.39, 0.29) is 25.4 Å². The minimum Gasteiger partial charge on any atom is -0.481 e. The zero-order valence-corrected chi connectivity index (χ0v) is 19.2. The highest BCUT2D eigenvalue weighted by molar-refractivity contribution is 7.89. The minimum atomic E-state index is -3.39. The Morgan fingerprint density at radius 3 is 2.45 bits per heavy atom. The highest BCUT2D eigenvalue weighted by atomic mass is 32.2. The molecule has 1 fully saturated rings. The fourth-order valence-electron chi connectivity index (χ4n) is 3.97. The molecule has 1 aliphatic rings. The fourth-order valence-corrected chi connectivity index (χ4v) is 5.48. The lowest BCUT2D eigenvalue weighted by molar-refractivity contribution is 0.0927. The number of piperidine rings is 1. The number of hydrogen-bond acceptors (Lipinski definition) is 5. The molecule has 0 aliphatic carbocycles. The summed E-state index contributed by atoms with van der Waals surface area (Å²) in [5, 5.41) is 2.59. The number of hydrogen-bond donors (Lipinski definition) is 1. The molecule has 1 amide bonds. The van der Waals surface area contributed by atoms with Gasteiger partial charge < -0.3 is 10.1 Å². The summed E-state index contributed by atoms with van der Waals surface area (Å²) in [4.78, 5) is 17.1. The Bertz CT molecular complexity index is 1120. The minimum absolute atomic E-state index is 0.00784. The number of pyridine rings is 1. The third kappa shape index (κ3) is 5.47. The topological polar surface area (TPSA) is 88.6 Å². The summed E-state index contributed by atoms with van der Waals surface area (Å²) in [6.07, 6.45) is 1.19. The van der Waals surface area contributed by atoms with E-state index in [1.165, 1.54) is 11.4 Å². The summed E-state index contributed by atoms with van der Waals surface area (Å²) in [6.45, 7) is 2.22. The van der Waals surface area contributed by atoms with Crippen LogP contribution >= 0.6 is 0 Å². The van der Waals surface area contributed by atoms with Gasteiger partial charge in [-0.3, -0.25) is 4.79 Å². The van der Waals surface area contributed by atoms with Gasteiger partial charge in [-0.05, 0) is 31.4 Å². The summed E-state index contributed by atoms with van der Waals surface area (Å²) >= 11 is 0. The lowest BCUT2D eigenvalue weighted by Crippen LogP contribution is -2.51. The van der Waals surface area contributed by atoms with Crippen LogP contribution in [0.4, 0.5) is 13.2 Å². The monoisotopic (exact) mass is 485 g/mol. The van der Waals surface area contributed by atoms with Gasteiger partial charge in [0.15, 0.2) is 11.6 Å². The highest BCUT2D eigenvalue weighted by Gasteiger charge is 2.41. The van der Waals surface area contributed by atoms with E-state index in [9.17, 15) is 26.4 Å². The summed E-state index contributed by atoms with van der Waals surface area (Å²) in [7, 11) is -1.93. The molecule has 0 radical (unpaired) electrons. The van der Waals surface area contributed by atoms with Crippen LogP contribution in [0, 0.1) is 17.5 Å². The molecular formula is C22H26F3N3O4S. The SMILES string of the molecule is CCCS(=O)(=O)N1CCC(CNC(=O)c2cc(F)c(F)cc2F)(c2cccc(OC)n2)CC1. The summed E-state index contributed by atoms with van der Waals surface area (Å²) in [5.41, 5.74) is -0.802. The van der Waals surface area contributed by atoms with Crippen molar-refractivity contribution >= 4 is 15.9 Å². The third-order valence-electron chi connectivity index (χ3n) is 5.85. The standard InChI is InChI=1S/C22H26F3N3O4S/c1-3-11-33(30,31)28-9-7-22(8-10-28,19-5-4-6-20(27-19)32-2)14-26-21(29)15-12-17(24)18(25)13-16(15)23/h4-6,12-13H,3,7-11,14H2,1-2H3,(H,26,29). The van der Waals surface area contributed by atoms with Gasteiger partial charge in [-0.15, -0.1) is 0 Å². The quantitative estimate of drug-likeness (QED) is 0.581. The molecule has 1 aromatic carbocycles. The Morgan fingerprint density at radius 2 is 1.82 bits per heavy atom. The summed E-state index contributed by atoms with van der Waals surface area (Å²) in [5.74, 6) is -4.41. The molecule has 1 aliphatic heterocycles. The Labute approximate surface area is 191 Å². The van der Waals surface area contributed by atoms with Gasteiger partial charge in [0.2, 0.25) is 15.9 Å². The van der Waals surface area contributed by atoms with Crippen molar-refractivity contribution in [2.24, 2.45) is 0 Å². The number of halogens is 3. The first-order valence-corrected chi connectivity index (χ1v) is 12.1. The van der Waals surface area contributed by atoms with Gasteiger partial charge in [0, 0.05) is 37.2 Å². The second-order valence-corrected chi connectivity index (χ2v) is 10.1. The summed E-state index contributed by atoms with van der Waals surface area (Å²) in [6, 6.07) is 5.98. The van der Waals surface area contributed by atoms with E-state index in [1.807, 2.05) is 0 Å². The van der Waals surface area contributed by atoms with Gasteiger partial charge >= 0.3 is 0 Å². The molecule has 1 N–H and O–H groups in total. The molecule has 2 heterocycles. The first-order valence-electron chi connectivity index (χ1n) is 10.5. The van der Waals surface area contributed by atoms with Crippen LogP contribution in [0.5, 0.6) is 5.88 Å². The molecule has 11 heteroatoms. The van der Waals surface area contributed by atoms with E-state index in [4.69, 9.17) is 4.74 Å². The zero-order valence-electron chi connectivity index (χ0n) is 18.4. The number of benzene rings is 1. The number of amides is 1. The second kappa shape index (κ2) is 10.1. The van der Waals surface area contributed by atoms with Crippen LogP contribution in [-0.2, 0) is 15.4 Å². The molecule has 1 aromatic heterocycles. The van der Waals surface area contributed by atoms with Crippen molar-refractivity contribution in [1.82, 2.24) is 14.6 Å². The van der Waals surface area contributed by atoms with Gasteiger partial charge in [0.1, 0.15) is 5.82 Å². The fraction of sp³-hybridized carbons (Fsp3) is 0.455. The van der Waals surface area contributed by atoms with Crippen LogP contribution in [0.25, 0.3) is 0 Å². The van der Waals surface area contributed by atoms with Crippen LogP contribution in [-0.4, -0.2) is 56.1 Å². The number of methoxy groups -OCH3 is 1. The number of sulfonamides is 1. The predicted molar refractivity (Wildman–Crippen MR) is 116 cm³/mol. The van der Waals surface area contributed by atoms with E-state index in [1.54, 1.807) is 25.1 Å². The molecule has 33 heavy (non-hydrogen) atoms. The smallest absolute Gasteiger partial charge is 0.254 e. The average molecular weight is 486 g/mol. The van der Waals surface area contributed by atoms with Crippen molar-refractivity contribution in [2.75, 3.05) is 32.5 Å². The molecule has 2 aromatic rings. The number of nitrogens with zero attached hydrogens (tertiary/aromatic N) is 2. The number of rotatable bonds is 8. The number of nitrogens with one attached hydrogen (secondary N) is 1. The van der Waals surface area contributed by atoms with Gasteiger partial charge in [-0.1, -0.05) is 13.0 Å². The molecule has 0 bridgehead atoms. The molecule has 0 spiro atoms. The Hall–Kier alpha value is -2.66. The molecule has 0 saturated carbocycles. The molecule has 180 valence electrons. The van der Waals surface area contributed by atoms with Gasteiger partial charge in [-0.25, -0.2) is 30.9 Å². The lowest BCUT2D eigenvalue weighted by Gasteiger charge is -2.41. The predicted octanol–water partition coefficient (Wildman–Crippen LogP) is 3.01. The van der Waals surface area contributed by atoms with Crippen LogP contribution in [0.15, 0.2) is 30.3 Å². The number of carbonyl (C=O) groups is 1. The lowest BCUT2D eigenvalue weighted by atomic mass is 9.75. The zero-order chi connectivity index (χ0) is 24.2. The first-order chi connectivity index (χ1) is 15.6. The molecule has 3 rings (SSSR count). The van der Waals surface area contributed by atoms with Crippen LogP contribution < -0.4 is 10.1 Å². The third-order valence-corrected chi connectivity index (χ3v) is 7.93. The van der Waals surface area contributed by atoms with Gasteiger partial charge in [0.05, 0.1) is 24.1 Å². The average Bonchev–Trinajstić information content (AvgIpc) is 2.80. The van der Waals surface area contributed by atoms with Crippen molar-refractivity contribution in [3.05, 3.63) is 59.0 Å². The molecule has 0 atom stereocenters. The highest BCUT2D eigenvalue weighted by Crippen LogP contribution is 2.36. The maximum absolute atomic E-state index is 14.0. The Morgan fingerprint density at radius 1 is 1.15 bits per heavy atom. The normalized spacial score (nSPS) is 16.4. The molecule has 0 unspecified atom stereocenters. The second-order valence-electron chi connectivity index (χ2n) is 7.99. The van der Waals surface area contributed by atoms with Crippen molar-refractivity contribution in [3.63, 3.8) is 0 Å². The van der Waals surface area contributed by atoms with Gasteiger partial charge in [0.25, 0.3) is 5.91 Å². The van der Waals surface area contributed by atoms with Crippen molar-refractivity contribution in [3.8, 4) is 5.88 Å². The maximum atomic E-state index is 14.0. The van der Waals surface area contributed by atoms with Gasteiger partial charge in [-0.2, -0.15) is 0 Å². The molecule has 1 saturated heterocycles. The molecule has 7 nitrogen and oxygen atoms in total. The van der Waals surface area contributed by atoms with Crippen LogP contribution in [0.3, 0.4) is 0 Å². The van der Waals surface area contributed by atoms with Crippen molar-refractivity contribution < 1.29 is 31.1 Å². The Kier molecular flexibility index (Phi) is 7.63.